The second kappa shape index (κ2) is 7.87. The van der Waals surface area contributed by atoms with Crippen LogP contribution in [0.2, 0.25) is 0 Å². The van der Waals surface area contributed by atoms with Crippen molar-refractivity contribution in [2.24, 2.45) is 11.3 Å². The summed E-state index contributed by atoms with van der Waals surface area (Å²) in [7, 11) is 1.91. The fourth-order valence-electron chi connectivity index (χ4n) is 2.89. The summed E-state index contributed by atoms with van der Waals surface area (Å²) < 4.78 is 0. The number of hydrogen-bond acceptors (Lipinski definition) is 2. The van der Waals surface area contributed by atoms with E-state index in [0.29, 0.717) is 12.6 Å². The Hall–Kier alpha value is -0.770. The molecule has 4 nitrogen and oxygen atoms in total. The zero-order valence-corrected chi connectivity index (χ0v) is 13.6. The third-order valence-corrected chi connectivity index (χ3v) is 4.51. The highest BCUT2D eigenvalue weighted by Crippen LogP contribution is 2.26. The highest BCUT2D eigenvalue weighted by atomic mass is 16.3. The number of urea groups is 1. The van der Waals surface area contributed by atoms with E-state index in [9.17, 15) is 9.90 Å². The molecular weight excluding hydrogens is 252 g/mol. The van der Waals surface area contributed by atoms with E-state index < -0.39 is 0 Å². The monoisotopic (exact) mass is 284 g/mol. The molecule has 2 N–H and O–H groups in total. The molecule has 1 aliphatic rings. The van der Waals surface area contributed by atoms with Gasteiger partial charge in [0.15, 0.2) is 0 Å². The molecule has 2 atom stereocenters. The topological polar surface area (TPSA) is 52.6 Å². The molecule has 4 heteroatoms. The molecule has 0 spiro atoms. The molecule has 1 fully saturated rings. The summed E-state index contributed by atoms with van der Waals surface area (Å²) in [6.07, 6.45) is 6.62. The maximum absolute atomic E-state index is 12.1. The van der Waals surface area contributed by atoms with Crippen LogP contribution in [-0.2, 0) is 0 Å². The first-order chi connectivity index (χ1) is 9.35. The van der Waals surface area contributed by atoms with Gasteiger partial charge < -0.3 is 15.3 Å². The van der Waals surface area contributed by atoms with Gasteiger partial charge in [-0.05, 0) is 37.0 Å². The lowest BCUT2D eigenvalue weighted by atomic mass is 9.86. The van der Waals surface area contributed by atoms with Gasteiger partial charge in [0.2, 0.25) is 0 Å². The van der Waals surface area contributed by atoms with Crippen molar-refractivity contribution in [2.75, 3.05) is 20.2 Å². The normalized spacial score (nSPS) is 23.4. The van der Waals surface area contributed by atoms with Gasteiger partial charge in [-0.2, -0.15) is 0 Å². The first-order valence-corrected chi connectivity index (χ1v) is 7.97. The first-order valence-electron chi connectivity index (χ1n) is 7.97. The number of nitrogens with one attached hydrogen (secondary N) is 1. The van der Waals surface area contributed by atoms with Gasteiger partial charge in [0.05, 0.1) is 0 Å². The summed E-state index contributed by atoms with van der Waals surface area (Å²) in [5.41, 5.74) is -0.0462. The van der Waals surface area contributed by atoms with Gasteiger partial charge in [-0.25, -0.2) is 4.79 Å². The predicted molar refractivity (Wildman–Crippen MR) is 82.7 cm³/mol. The number of aliphatic hydroxyl groups is 1. The molecule has 2 amide bonds. The Morgan fingerprint density at radius 1 is 1.40 bits per heavy atom. The second-order valence-electron chi connectivity index (χ2n) is 7.19. The summed E-state index contributed by atoms with van der Waals surface area (Å²) in [5.74, 6) is 0.731. The Balaban J connectivity index is 2.24. The maximum atomic E-state index is 12.1. The molecule has 0 aliphatic heterocycles. The van der Waals surface area contributed by atoms with Crippen molar-refractivity contribution in [3.05, 3.63) is 0 Å². The molecule has 0 heterocycles. The zero-order valence-electron chi connectivity index (χ0n) is 13.6. The number of amides is 2. The van der Waals surface area contributed by atoms with Crippen molar-refractivity contribution in [1.82, 2.24) is 10.2 Å². The van der Waals surface area contributed by atoms with Crippen LogP contribution in [-0.4, -0.2) is 42.3 Å². The van der Waals surface area contributed by atoms with Gasteiger partial charge in [-0.3, -0.25) is 0 Å². The van der Waals surface area contributed by atoms with Crippen molar-refractivity contribution in [2.45, 2.75) is 65.3 Å². The Morgan fingerprint density at radius 2 is 2.10 bits per heavy atom. The van der Waals surface area contributed by atoms with Crippen LogP contribution < -0.4 is 5.32 Å². The van der Waals surface area contributed by atoms with Crippen molar-refractivity contribution in [1.29, 1.82) is 0 Å². The van der Waals surface area contributed by atoms with Gasteiger partial charge in [-0.1, -0.05) is 33.6 Å². The Kier molecular flexibility index (Phi) is 6.80. The average Bonchev–Trinajstić information content (AvgIpc) is 2.42. The number of hydrogen-bond donors (Lipinski definition) is 2. The van der Waals surface area contributed by atoms with Crippen LogP contribution in [0.25, 0.3) is 0 Å². The van der Waals surface area contributed by atoms with Gasteiger partial charge in [0, 0.05) is 26.2 Å². The van der Waals surface area contributed by atoms with E-state index in [1.807, 2.05) is 25.8 Å². The van der Waals surface area contributed by atoms with E-state index in [2.05, 4.69) is 12.2 Å². The Bertz CT molecular complexity index is 305. The largest absolute Gasteiger partial charge is 0.396 e. The van der Waals surface area contributed by atoms with E-state index in [1.54, 1.807) is 0 Å². The molecular formula is C16H32N2O2. The van der Waals surface area contributed by atoms with E-state index in [4.69, 9.17) is 0 Å². The molecule has 1 aliphatic carbocycles. The molecule has 0 aromatic carbocycles. The molecule has 0 bridgehead atoms. The summed E-state index contributed by atoms with van der Waals surface area (Å²) >= 11 is 0. The van der Waals surface area contributed by atoms with E-state index in [-0.39, 0.29) is 18.1 Å². The highest BCUT2D eigenvalue weighted by Gasteiger charge is 2.25. The van der Waals surface area contributed by atoms with Crippen molar-refractivity contribution in [3.8, 4) is 0 Å². The molecule has 0 unspecified atom stereocenters. The molecule has 1 rings (SSSR count). The summed E-state index contributed by atoms with van der Waals surface area (Å²) in [4.78, 5) is 14.0. The lowest BCUT2D eigenvalue weighted by Gasteiger charge is -2.34. The van der Waals surface area contributed by atoms with Crippen LogP contribution in [0.5, 0.6) is 0 Å². The standard InChI is InChI=1S/C16H32N2O2/c1-13-7-5-8-14(11-13)18(4)15(20)17-10-6-9-16(2,3)12-19/h13-14,19H,5-12H2,1-4H3,(H,17,20)/t13-,14-/m1/s1. The summed E-state index contributed by atoms with van der Waals surface area (Å²) in [6.45, 7) is 7.25. The molecule has 1 saturated carbocycles. The first kappa shape index (κ1) is 17.3. The third-order valence-electron chi connectivity index (χ3n) is 4.51. The molecule has 0 aromatic rings. The number of aliphatic hydroxyl groups excluding tert-OH is 1. The van der Waals surface area contributed by atoms with E-state index in [0.717, 1.165) is 31.6 Å². The van der Waals surface area contributed by atoms with Gasteiger partial charge >= 0.3 is 6.03 Å². The number of carbonyl (C=O) groups excluding carboxylic acids is 1. The van der Waals surface area contributed by atoms with Gasteiger partial charge in [-0.15, -0.1) is 0 Å². The van der Waals surface area contributed by atoms with Crippen LogP contribution in [0, 0.1) is 11.3 Å². The molecule has 0 saturated heterocycles. The smallest absolute Gasteiger partial charge is 0.317 e. The van der Waals surface area contributed by atoms with Crippen LogP contribution in [0.1, 0.15) is 59.3 Å². The SMILES string of the molecule is C[C@@H]1CCC[C@@H](N(C)C(=O)NCCCC(C)(C)CO)C1. The zero-order chi connectivity index (χ0) is 15.2. The Labute approximate surface area is 123 Å². The maximum Gasteiger partial charge on any atom is 0.317 e. The van der Waals surface area contributed by atoms with Crippen LogP contribution >= 0.6 is 0 Å². The number of rotatable bonds is 6. The number of carbonyl (C=O) groups is 1. The fraction of sp³-hybridized carbons (Fsp3) is 0.938. The predicted octanol–water partition coefficient (Wildman–Crippen LogP) is 3.01. The minimum absolute atomic E-state index is 0.0462. The Morgan fingerprint density at radius 3 is 2.70 bits per heavy atom. The molecule has 20 heavy (non-hydrogen) atoms. The highest BCUT2D eigenvalue weighted by molar-refractivity contribution is 5.74. The van der Waals surface area contributed by atoms with Crippen LogP contribution in [0.4, 0.5) is 4.79 Å². The van der Waals surface area contributed by atoms with E-state index >= 15 is 0 Å². The average molecular weight is 284 g/mol. The summed E-state index contributed by atoms with van der Waals surface area (Å²) in [6, 6.07) is 0.443. The minimum atomic E-state index is -0.0462. The van der Waals surface area contributed by atoms with Crippen LogP contribution in [0.15, 0.2) is 0 Å². The number of nitrogens with zero attached hydrogens (tertiary/aromatic N) is 1. The summed E-state index contributed by atoms with van der Waals surface area (Å²) in [5, 5.41) is 12.2. The van der Waals surface area contributed by atoms with Crippen molar-refractivity contribution < 1.29 is 9.90 Å². The second-order valence-corrected chi connectivity index (χ2v) is 7.19. The molecule has 118 valence electrons. The third kappa shape index (κ3) is 5.70. The fourth-order valence-corrected chi connectivity index (χ4v) is 2.89. The molecule has 0 aromatic heterocycles. The quantitative estimate of drug-likeness (QED) is 0.737. The minimum Gasteiger partial charge on any atom is -0.396 e. The van der Waals surface area contributed by atoms with Crippen LogP contribution in [0.3, 0.4) is 0 Å². The van der Waals surface area contributed by atoms with Crippen molar-refractivity contribution in [3.63, 3.8) is 0 Å². The van der Waals surface area contributed by atoms with Gasteiger partial charge in [0.25, 0.3) is 0 Å². The van der Waals surface area contributed by atoms with Crippen molar-refractivity contribution >= 4 is 6.03 Å². The van der Waals surface area contributed by atoms with E-state index in [1.165, 1.54) is 12.8 Å². The molecule has 0 radical (unpaired) electrons. The lowest BCUT2D eigenvalue weighted by Crippen LogP contribution is -2.45. The van der Waals surface area contributed by atoms with Gasteiger partial charge in [0.1, 0.15) is 0 Å². The lowest BCUT2D eigenvalue weighted by molar-refractivity contribution is 0.145.